The molecule has 0 aliphatic carbocycles. The first-order valence-electron chi connectivity index (χ1n) is 6.98. The van der Waals surface area contributed by atoms with E-state index in [9.17, 15) is 0 Å². The standard InChI is InChI=1S/C17H19NO3/c1-11-3-5-14(7-12(11)2)19-9-15(18)13-4-6-16-17(8-13)21-10-20-16/h3-8,15H,9-10,18H2,1-2H3. The Morgan fingerprint density at radius 1 is 1.05 bits per heavy atom. The second kappa shape index (κ2) is 5.66. The molecular formula is C17H19NO3. The Labute approximate surface area is 124 Å². The smallest absolute Gasteiger partial charge is 0.231 e. The van der Waals surface area contributed by atoms with Crippen LogP contribution in [0.15, 0.2) is 36.4 Å². The summed E-state index contributed by atoms with van der Waals surface area (Å²) in [6.45, 7) is 4.84. The zero-order valence-corrected chi connectivity index (χ0v) is 12.3. The number of nitrogens with two attached hydrogens (primary N) is 1. The van der Waals surface area contributed by atoms with Crippen LogP contribution in [0.2, 0.25) is 0 Å². The minimum absolute atomic E-state index is 0.207. The van der Waals surface area contributed by atoms with Gasteiger partial charge in [-0.1, -0.05) is 12.1 Å². The summed E-state index contributed by atoms with van der Waals surface area (Å²) >= 11 is 0. The molecule has 21 heavy (non-hydrogen) atoms. The van der Waals surface area contributed by atoms with E-state index in [-0.39, 0.29) is 12.8 Å². The molecule has 0 amide bonds. The second-order valence-electron chi connectivity index (χ2n) is 5.28. The molecule has 1 heterocycles. The molecular weight excluding hydrogens is 266 g/mol. The molecule has 0 saturated carbocycles. The monoisotopic (exact) mass is 285 g/mol. The predicted molar refractivity (Wildman–Crippen MR) is 80.9 cm³/mol. The highest BCUT2D eigenvalue weighted by molar-refractivity contribution is 5.45. The fourth-order valence-electron chi connectivity index (χ4n) is 2.23. The summed E-state index contributed by atoms with van der Waals surface area (Å²) in [5.41, 5.74) is 9.62. The summed E-state index contributed by atoms with van der Waals surface area (Å²) in [6.07, 6.45) is 0. The molecule has 0 radical (unpaired) electrons. The third-order valence-electron chi connectivity index (χ3n) is 3.73. The lowest BCUT2D eigenvalue weighted by atomic mass is 10.1. The van der Waals surface area contributed by atoms with Crippen molar-refractivity contribution in [2.45, 2.75) is 19.9 Å². The van der Waals surface area contributed by atoms with Crippen LogP contribution in [0, 0.1) is 13.8 Å². The number of hydrogen-bond acceptors (Lipinski definition) is 4. The van der Waals surface area contributed by atoms with Crippen LogP contribution < -0.4 is 19.9 Å². The van der Waals surface area contributed by atoms with Gasteiger partial charge >= 0.3 is 0 Å². The summed E-state index contributed by atoms with van der Waals surface area (Å²) in [5, 5.41) is 0. The zero-order valence-electron chi connectivity index (χ0n) is 12.3. The third kappa shape index (κ3) is 2.95. The lowest BCUT2D eigenvalue weighted by molar-refractivity contribution is 0.174. The average Bonchev–Trinajstić information content (AvgIpc) is 2.95. The molecule has 0 aromatic heterocycles. The summed E-state index contributed by atoms with van der Waals surface area (Å²) in [4.78, 5) is 0. The van der Waals surface area contributed by atoms with Gasteiger partial charge in [0.1, 0.15) is 12.4 Å². The molecule has 0 spiro atoms. The Kier molecular flexibility index (Phi) is 3.71. The van der Waals surface area contributed by atoms with Crippen LogP contribution in [0.25, 0.3) is 0 Å². The van der Waals surface area contributed by atoms with Crippen molar-refractivity contribution in [3.8, 4) is 17.2 Å². The summed E-state index contributed by atoms with van der Waals surface area (Å²) in [5.74, 6) is 2.35. The average molecular weight is 285 g/mol. The molecule has 2 aromatic carbocycles. The summed E-state index contributed by atoms with van der Waals surface area (Å²) in [7, 11) is 0. The zero-order chi connectivity index (χ0) is 14.8. The van der Waals surface area contributed by atoms with Gasteiger partial charge in [0.25, 0.3) is 0 Å². The van der Waals surface area contributed by atoms with E-state index >= 15 is 0 Å². The van der Waals surface area contributed by atoms with E-state index in [0.717, 1.165) is 22.8 Å². The number of benzene rings is 2. The molecule has 2 N–H and O–H groups in total. The van der Waals surface area contributed by atoms with Crippen molar-refractivity contribution in [1.82, 2.24) is 0 Å². The van der Waals surface area contributed by atoms with Gasteiger partial charge in [0.15, 0.2) is 11.5 Å². The molecule has 1 aliphatic rings. The van der Waals surface area contributed by atoms with E-state index in [1.165, 1.54) is 11.1 Å². The van der Waals surface area contributed by atoms with Gasteiger partial charge < -0.3 is 19.9 Å². The normalized spacial score (nSPS) is 14.0. The number of ether oxygens (including phenoxy) is 3. The number of rotatable bonds is 4. The van der Waals surface area contributed by atoms with Crippen LogP contribution in [0.1, 0.15) is 22.7 Å². The van der Waals surface area contributed by atoms with Crippen molar-refractivity contribution < 1.29 is 14.2 Å². The second-order valence-corrected chi connectivity index (χ2v) is 5.28. The van der Waals surface area contributed by atoms with E-state index in [2.05, 4.69) is 19.9 Å². The van der Waals surface area contributed by atoms with Gasteiger partial charge in [-0.2, -0.15) is 0 Å². The Morgan fingerprint density at radius 2 is 1.86 bits per heavy atom. The van der Waals surface area contributed by atoms with Crippen LogP contribution in [0.5, 0.6) is 17.2 Å². The fourth-order valence-corrected chi connectivity index (χ4v) is 2.23. The summed E-state index contributed by atoms with van der Waals surface area (Å²) in [6, 6.07) is 11.6. The van der Waals surface area contributed by atoms with Crippen molar-refractivity contribution in [2.24, 2.45) is 5.73 Å². The van der Waals surface area contributed by atoms with Crippen LogP contribution in [-0.2, 0) is 0 Å². The van der Waals surface area contributed by atoms with E-state index in [0.29, 0.717) is 6.61 Å². The largest absolute Gasteiger partial charge is 0.492 e. The quantitative estimate of drug-likeness (QED) is 0.937. The van der Waals surface area contributed by atoms with Crippen molar-refractivity contribution in [3.63, 3.8) is 0 Å². The Bertz CT molecular complexity index is 654. The van der Waals surface area contributed by atoms with E-state index in [1.807, 2.05) is 30.3 Å². The van der Waals surface area contributed by atoms with Crippen LogP contribution >= 0.6 is 0 Å². The van der Waals surface area contributed by atoms with Crippen molar-refractivity contribution in [3.05, 3.63) is 53.1 Å². The number of fused-ring (bicyclic) bond motifs is 1. The Hall–Kier alpha value is -2.20. The third-order valence-corrected chi connectivity index (χ3v) is 3.73. The van der Waals surface area contributed by atoms with Gasteiger partial charge in [-0.05, 0) is 54.8 Å². The molecule has 0 saturated heterocycles. The minimum Gasteiger partial charge on any atom is -0.492 e. The first-order valence-corrected chi connectivity index (χ1v) is 6.98. The Balaban J connectivity index is 1.66. The lowest BCUT2D eigenvalue weighted by Crippen LogP contribution is -2.19. The molecule has 1 aliphatic heterocycles. The first-order chi connectivity index (χ1) is 10.1. The molecule has 0 fully saturated rings. The predicted octanol–water partition coefficient (Wildman–Crippen LogP) is 3.11. The highest BCUT2D eigenvalue weighted by Gasteiger charge is 2.16. The molecule has 1 unspecified atom stereocenters. The number of hydrogen-bond donors (Lipinski definition) is 1. The van der Waals surface area contributed by atoms with Gasteiger partial charge in [-0.15, -0.1) is 0 Å². The van der Waals surface area contributed by atoms with Crippen LogP contribution in [0.4, 0.5) is 0 Å². The first kappa shape index (κ1) is 13.8. The molecule has 1 atom stereocenters. The lowest BCUT2D eigenvalue weighted by Gasteiger charge is -2.15. The minimum atomic E-state index is -0.207. The topological polar surface area (TPSA) is 53.7 Å². The van der Waals surface area contributed by atoms with Crippen molar-refractivity contribution >= 4 is 0 Å². The van der Waals surface area contributed by atoms with Gasteiger partial charge in [0, 0.05) is 0 Å². The van der Waals surface area contributed by atoms with Crippen LogP contribution in [-0.4, -0.2) is 13.4 Å². The molecule has 0 bridgehead atoms. The van der Waals surface area contributed by atoms with E-state index < -0.39 is 0 Å². The summed E-state index contributed by atoms with van der Waals surface area (Å²) < 4.78 is 16.4. The van der Waals surface area contributed by atoms with Gasteiger partial charge in [-0.3, -0.25) is 0 Å². The molecule has 3 rings (SSSR count). The molecule has 110 valence electrons. The highest BCUT2D eigenvalue weighted by Crippen LogP contribution is 2.33. The van der Waals surface area contributed by atoms with Gasteiger partial charge in [0.2, 0.25) is 6.79 Å². The highest BCUT2D eigenvalue weighted by atomic mass is 16.7. The molecule has 2 aromatic rings. The maximum Gasteiger partial charge on any atom is 0.231 e. The fraction of sp³-hybridized carbons (Fsp3) is 0.294. The molecule has 4 heteroatoms. The van der Waals surface area contributed by atoms with Crippen molar-refractivity contribution in [1.29, 1.82) is 0 Å². The van der Waals surface area contributed by atoms with Gasteiger partial charge in [-0.25, -0.2) is 0 Å². The number of aryl methyl sites for hydroxylation is 2. The van der Waals surface area contributed by atoms with Crippen molar-refractivity contribution in [2.75, 3.05) is 13.4 Å². The molecule has 4 nitrogen and oxygen atoms in total. The maximum atomic E-state index is 6.18. The van der Waals surface area contributed by atoms with E-state index in [4.69, 9.17) is 19.9 Å². The van der Waals surface area contributed by atoms with Gasteiger partial charge in [0.05, 0.1) is 6.04 Å². The maximum absolute atomic E-state index is 6.18. The van der Waals surface area contributed by atoms with E-state index in [1.54, 1.807) is 0 Å². The SMILES string of the molecule is Cc1ccc(OCC(N)c2ccc3c(c2)OCO3)cc1C. The Morgan fingerprint density at radius 3 is 2.67 bits per heavy atom. The van der Waals surface area contributed by atoms with Crippen LogP contribution in [0.3, 0.4) is 0 Å².